The van der Waals surface area contributed by atoms with Gasteiger partial charge in [0.25, 0.3) is 15.9 Å². The van der Waals surface area contributed by atoms with Gasteiger partial charge >= 0.3 is 0 Å². The molecule has 1 saturated heterocycles. The van der Waals surface area contributed by atoms with Crippen LogP contribution in [0.2, 0.25) is 0 Å². The third kappa shape index (κ3) is 2.59. The Kier molecular flexibility index (Phi) is 3.30. The maximum absolute atomic E-state index is 11.1. The van der Waals surface area contributed by atoms with E-state index in [4.69, 9.17) is 4.18 Å². The number of aromatic nitrogens is 4. The van der Waals surface area contributed by atoms with Crippen molar-refractivity contribution in [3.8, 4) is 0 Å². The summed E-state index contributed by atoms with van der Waals surface area (Å²) in [4.78, 5) is 10.3. The molecule has 1 aliphatic rings. The van der Waals surface area contributed by atoms with E-state index in [1.807, 2.05) is 6.07 Å². The molecule has 2 aromatic rings. The fourth-order valence-electron chi connectivity index (χ4n) is 2.46. The first-order valence-electron chi connectivity index (χ1n) is 6.30. The zero-order chi connectivity index (χ0) is 14.2. The van der Waals surface area contributed by atoms with Crippen LogP contribution in [0.5, 0.6) is 0 Å². The smallest absolute Gasteiger partial charge is 0.264 e. The number of hydrogen-bond donors (Lipinski definition) is 0. The maximum Gasteiger partial charge on any atom is 0.264 e. The van der Waals surface area contributed by atoms with Gasteiger partial charge in [-0.25, -0.2) is 4.98 Å². The lowest BCUT2D eigenvalue weighted by molar-refractivity contribution is 0.294. The van der Waals surface area contributed by atoms with Gasteiger partial charge in [0, 0.05) is 12.7 Å². The van der Waals surface area contributed by atoms with Crippen LogP contribution in [0, 0.1) is 0 Å². The second-order valence-corrected chi connectivity index (χ2v) is 6.40. The first-order chi connectivity index (χ1) is 9.54. The van der Waals surface area contributed by atoms with Gasteiger partial charge in [0.15, 0.2) is 0 Å². The zero-order valence-corrected chi connectivity index (χ0v) is 11.8. The molecule has 1 aliphatic heterocycles. The largest absolute Gasteiger partial charge is 0.351 e. The molecule has 0 aliphatic carbocycles. The summed E-state index contributed by atoms with van der Waals surface area (Å²) >= 11 is 0. The molecule has 0 radical (unpaired) electrons. The summed E-state index contributed by atoms with van der Waals surface area (Å²) in [7, 11) is -3.42. The van der Waals surface area contributed by atoms with Gasteiger partial charge in [-0.2, -0.15) is 23.0 Å². The number of nitrogens with zero attached hydrogens (tertiary/aromatic N) is 5. The van der Waals surface area contributed by atoms with Crippen LogP contribution in [-0.4, -0.2) is 53.4 Å². The van der Waals surface area contributed by atoms with Crippen LogP contribution >= 0.6 is 0 Å². The number of fused-ring (bicyclic) bond motifs is 1. The molecule has 0 saturated carbocycles. The summed E-state index contributed by atoms with van der Waals surface area (Å²) in [5.41, 5.74) is 0. The highest BCUT2D eigenvalue weighted by atomic mass is 32.2. The van der Waals surface area contributed by atoms with Crippen molar-refractivity contribution in [3.63, 3.8) is 0 Å². The molecule has 2 aromatic heterocycles. The predicted octanol–water partition coefficient (Wildman–Crippen LogP) is 0.0693. The third-order valence-electron chi connectivity index (χ3n) is 3.31. The number of anilines is 1. The molecule has 0 N–H and O–H groups in total. The van der Waals surface area contributed by atoms with E-state index in [2.05, 4.69) is 20.0 Å². The quantitative estimate of drug-likeness (QED) is 0.738. The Bertz CT molecular complexity index is 714. The Morgan fingerprint density at radius 2 is 2.30 bits per heavy atom. The highest BCUT2D eigenvalue weighted by Gasteiger charge is 2.28. The minimum Gasteiger partial charge on any atom is -0.351 e. The van der Waals surface area contributed by atoms with E-state index in [1.165, 1.54) is 6.33 Å². The molecule has 1 atom stereocenters. The van der Waals surface area contributed by atoms with E-state index in [1.54, 1.807) is 10.7 Å². The van der Waals surface area contributed by atoms with E-state index in [0.29, 0.717) is 5.78 Å². The van der Waals surface area contributed by atoms with Gasteiger partial charge in [0.1, 0.15) is 12.1 Å². The number of hydrogen-bond acceptors (Lipinski definition) is 7. The van der Waals surface area contributed by atoms with Crippen molar-refractivity contribution in [3.05, 3.63) is 18.6 Å². The average molecular weight is 297 g/mol. The summed E-state index contributed by atoms with van der Waals surface area (Å²) < 4.78 is 28.8. The van der Waals surface area contributed by atoms with Crippen LogP contribution in [0.4, 0.5) is 5.82 Å². The Morgan fingerprint density at radius 3 is 3.10 bits per heavy atom. The van der Waals surface area contributed by atoms with E-state index in [0.717, 1.165) is 31.5 Å². The highest BCUT2D eigenvalue weighted by Crippen LogP contribution is 2.25. The van der Waals surface area contributed by atoms with Crippen LogP contribution in [0.1, 0.15) is 12.8 Å². The average Bonchev–Trinajstić information content (AvgIpc) is 3.03. The molecule has 3 rings (SSSR count). The van der Waals surface area contributed by atoms with Gasteiger partial charge in [-0.3, -0.25) is 4.18 Å². The molecule has 0 unspecified atom stereocenters. The van der Waals surface area contributed by atoms with Gasteiger partial charge in [0.2, 0.25) is 0 Å². The molecule has 0 spiro atoms. The molecular formula is C11H15N5O3S. The minimum atomic E-state index is -3.42. The Morgan fingerprint density at radius 1 is 1.45 bits per heavy atom. The van der Waals surface area contributed by atoms with Crippen LogP contribution in [0.15, 0.2) is 18.6 Å². The monoisotopic (exact) mass is 297 g/mol. The lowest BCUT2D eigenvalue weighted by Gasteiger charge is -2.26. The fourth-order valence-corrected chi connectivity index (χ4v) is 2.86. The van der Waals surface area contributed by atoms with E-state index >= 15 is 0 Å². The Hall–Kier alpha value is -1.74. The molecule has 20 heavy (non-hydrogen) atoms. The van der Waals surface area contributed by atoms with Gasteiger partial charge < -0.3 is 4.90 Å². The van der Waals surface area contributed by atoms with Crippen molar-refractivity contribution >= 4 is 21.7 Å². The molecule has 9 heteroatoms. The van der Waals surface area contributed by atoms with Gasteiger partial charge in [-0.1, -0.05) is 0 Å². The molecule has 108 valence electrons. The normalized spacial score (nSPS) is 19.9. The molecule has 3 heterocycles. The van der Waals surface area contributed by atoms with Crippen molar-refractivity contribution in [2.75, 3.05) is 24.3 Å². The van der Waals surface area contributed by atoms with Gasteiger partial charge in [-0.05, 0) is 18.9 Å². The predicted molar refractivity (Wildman–Crippen MR) is 71.9 cm³/mol. The summed E-state index contributed by atoms with van der Waals surface area (Å²) in [6, 6.07) is 1.86. The second kappa shape index (κ2) is 4.98. The van der Waals surface area contributed by atoms with Crippen LogP contribution in [0.25, 0.3) is 5.78 Å². The second-order valence-electron chi connectivity index (χ2n) is 4.75. The van der Waals surface area contributed by atoms with Crippen molar-refractivity contribution in [1.82, 2.24) is 19.6 Å². The first kappa shape index (κ1) is 13.3. The molecule has 0 amide bonds. The lowest BCUT2D eigenvalue weighted by Crippen LogP contribution is -2.35. The first-order valence-corrected chi connectivity index (χ1v) is 8.12. The molecular weight excluding hydrogens is 282 g/mol. The lowest BCUT2D eigenvalue weighted by atomic mass is 10.2. The van der Waals surface area contributed by atoms with Crippen LogP contribution < -0.4 is 4.90 Å². The zero-order valence-electron chi connectivity index (χ0n) is 11.0. The van der Waals surface area contributed by atoms with Crippen molar-refractivity contribution in [1.29, 1.82) is 0 Å². The third-order valence-corrected chi connectivity index (χ3v) is 3.87. The minimum absolute atomic E-state index is 0.0134. The summed E-state index contributed by atoms with van der Waals surface area (Å²) in [6.07, 6.45) is 6.05. The van der Waals surface area contributed by atoms with Crippen molar-refractivity contribution in [2.45, 2.75) is 18.9 Å². The van der Waals surface area contributed by atoms with E-state index in [9.17, 15) is 8.42 Å². The Labute approximate surface area is 116 Å². The van der Waals surface area contributed by atoms with E-state index < -0.39 is 10.1 Å². The Balaban J connectivity index is 1.86. The molecule has 1 fully saturated rings. The fraction of sp³-hybridized carbons (Fsp3) is 0.545. The standard InChI is InChI=1S/C11H15N5O3S/c1-20(17,18)19-7-9-3-2-6-15(9)10-4-5-12-11-13-8-14-16(10)11/h4-5,8-9H,2-3,6-7H2,1H3/t9-/m1/s1. The summed E-state index contributed by atoms with van der Waals surface area (Å²) in [6.45, 7) is 0.980. The topological polar surface area (TPSA) is 89.7 Å². The summed E-state index contributed by atoms with van der Waals surface area (Å²) in [5, 5.41) is 4.15. The maximum atomic E-state index is 11.1. The summed E-state index contributed by atoms with van der Waals surface area (Å²) in [5.74, 6) is 1.38. The van der Waals surface area contributed by atoms with Gasteiger partial charge in [-0.15, -0.1) is 0 Å². The number of rotatable bonds is 4. The highest BCUT2D eigenvalue weighted by molar-refractivity contribution is 7.85. The van der Waals surface area contributed by atoms with Crippen molar-refractivity contribution < 1.29 is 12.6 Å². The SMILES string of the molecule is CS(=O)(=O)OC[C@H]1CCCN1c1ccnc2ncnn12. The van der Waals surface area contributed by atoms with Crippen LogP contribution in [0.3, 0.4) is 0 Å². The van der Waals surface area contributed by atoms with Gasteiger partial charge in [0.05, 0.1) is 18.9 Å². The molecule has 8 nitrogen and oxygen atoms in total. The van der Waals surface area contributed by atoms with Crippen LogP contribution in [-0.2, 0) is 14.3 Å². The van der Waals surface area contributed by atoms with Crippen molar-refractivity contribution in [2.24, 2.45) is 0 Å². The van der Waals surface area contributed by atoms with E-state index in [-0.39, 0.29) is 12.6 Å². The molecule has 0 bridgehead atoms. The molecule has 0 aromatic carbocycles.